The molecule has 0 aliphatic heterocycles. The molecule has 4 aliphatic carbocycles. The van der Waals surface area contributed by atoms with Gasteiger partial charge in [0.05, 0.1) is 19.1 Å². The second-order valence-corrected chi connectivity index (χ2v) is 7.27. The Kier molecular flexibility index (Phi) is 3.83. The summed E-state index contributed by atoms with van der Waals surface area (Å²) in [5.41, 5.74) is 0.431. The summed E-state index contributed by atoms with van der Waals surface area (Å²) in [5.74, 6) is 3.60. The van der Waals surface area contributed by atoms with Crippen LogP contribution >= 0.6 is 0 Å². The molecule has 0 N–H and O–H groups in total. The summed E-state index contributed by atoms with van der Waals surface area (Å²) in [6, 6.07) is 0. The molecule has 0 radical (unpaired) electrons. The highest BCUT2D eigenvalue weighted by atomic mass is 16.5. The van der Waals surface area contributed by atoms with Crippen LogP contribution in [0.4, 0.5) is 0 Å². The molecule has 0 amide bonds. The second kappa shape index (κ2) is 5.46. The van der Waals surface area contributed by atoms with Crippen LogP contribution < -0.4 is 0 Å². The van der Waals surface area contributed by atoms with Crippen molar-refractivity contribution in [3.8, 4) is 0 Å². The van der Waals surface area contributed by atoms with Gasteiger partial charge >= 0.3 is 0 Å². The van der Waals surface area contributed by atoms with E-state index in [4.69, 9.17) is 9.47 Å². The summed E-state index contributed by atoms with van der Waals surface area (Å²) in [5, 5.41) is 0. The first-order valence-electron chi connectivity index (χ1n) is 8.17. The molecule has 4 rings (SSSR count). The topological polar surface area (TPSA) is 18.5 Å². The molecule has 0 spiro atoms. The first kappa shape index (κ1) is 14.0. The van der Waals surface area contributed by atoms with Crippen LogP contribution in [0.3, 0.4) is 0 Å². The molecule has 2 nitrogen and oxygen atoms in total. The Morgan fingerprint density at radius 2 is 1.85 bits per heavy atom. The largest absolute Gasteiger partial charge is 0.502 e. The molecule has 4 fully saturated rings. The predicted molar refractivity (Wildman–Crippen MR) is 81.0 cm³/mol. The van der Waals surface area contributed by atoms with Crippen LogP contribution in [0.2, 0.25) is 0 Å². The fourth-order valence-corrected chi connectivity index (χ4v) is 5.74. The van der Waals surface area contributed by atoms with E-state index in [1.165, 1.54) is 38.5 Å². The minimum absolute atomic E-state index is 0.332. The van der Waals surface area contributed by atoms with E-state index in [2.05, 4.69) is 20.1 Å². The molecule has 0 saturated heterocycles. The zero-order valence-corrected chi connectivity index (χ0v) is 12.7. The molecule has 2 heteroatoms. The van der Waals surface area contributed by atoms with E-state index in [0.717, 1.165) is 30.3 Å². The zero-order chi connectivity index (χ0) is 14.2. The molecule has 3 atom stereocenters. The highest BCUT2D eigenvalue weighted by molar-refractivity contribution is 5.07. The van der Waals surface area contributed by atoms with Crippen LogP contribution in [-0.4, -0.2) is 12.7 Å². The standard InChI is InChI=1S/C18H28O2/c1-4-19-7-6-17-15-8-14-9-16(17)12-18(10-14,11-15)13(3)20-5-2/h4-5,13-17H,1-2,6-12H2,3H3. The number of ether oxygens (including phenoxy) is 2. The SMILES string of the molecule is C=COCCC1C2CC3CC1CC(C(C)OC=C)(C3)C2. The highest BCUT2D eigenvalue weighted by Crippen LogP contribution is 2.64. The van der Waals surface area contributed by atoms with E-state index in [9.17, 15) is 0 Å². The van der Waals surface area contributed by atoms with Crippen molar-refractivity contribution in [1.82, 2.24) is 0 Å². The van der Waals surface area contributed by atoms with Crippen molar-refractivity contribution >= 4 is 0 Å². The molecule has 20 heavy (non-hydrogen) atoms. The van der Waals surface area contributed by atoms with E-state index < -0.39 is 0 Å². The van der Waals surface area contributed by atoms with Crippen molar-refractivity contribution in [3.05, 3.63) is 25.7 Å². The van der Waals surface area contributed by atoms with Gasteiger partial charge in [0.25, 0.3) is 0 Å². The van der Waals surface area contributed by atoms with E-state index in [0.29, 0.717) is 11.5 Å². The maximum absolute atomic E-state index is 5.79. The molecule has 4 aliphatic rings. The quantitative estimate of drug-likeness (QED) is 0.502. The van der Waals surface area contributed by atoms with Gasteiger partial charge in [-0.3, -0.25) is 0 Å². The Hall–Kier alpha value is -0.920. The molecule has 0 aromatic heterocycles. The van der Waals surface area contributed by atoms with Crippen molar-refractivity contribution in [2.75, 3.05) is 6.61 Å². The third kappa shape index (κ3) is 2.27. The van der Waals surface area contributed by atoms with Crippen LogP contribution in [0.1, 0.15) is 45.4 Å². The molecule has 4 saturated carbocycles. The summed E-state index contributed by atoms with van der Waals surface area (Å²) in [7, 11) is 0. The van der Waals surface area contributed by atoms with Crippen LogP contribution in [0.5, 0.6) is 0 Å². The van der Waals surface area contributed by atoms with Crippen molar-refractivity contribution in [3.63, 3.8) is 0 Å². The fraction of sp³-hybridized carbons (Fsp3) is 0.778. The van der Waals surface area contributed by atoms with Crippen molar-refractivity contribution in [2.24, 2.45) is 29.1 Å². The summed E-state index contributed by atoms with van der Waals surface area (Å²) in [6.07, 6.45) is 11.7. The number of hydrogen-bond acceptors (Lipinski definition) is 2. The molecule has 0 aromatic carbocycles. The lowest BCUT2D eigenvalue weighted by Crippen LogP contribution is -2.55. The van der Waals surface area contributed by atoms with Crippen LogP contribution in [0.15, 0.2) is 25.7 Å². The molecular formula is C18H28O2. The third-order valence-electron chi connectivity index (χ3n) is 6.37. The Balaban J connectivity index is 1.70. The van der Waals surface area contributed by atoms with Gasteiger partial charge in [0.1, 0.15) is 6.10 Å². The second-order valence-electron chi connectivity index (χ2n) is 7.27. The molecule has 3 unspecified atom stereocenters. The lowest BCUT2D eigenvalue weighted by Gasteiger charge is -2.61. The predicted octanol–water partition coefficient (Wildman–Crippen LogP) is 4.53. The van der Waals surface area contributed by atoms with Gasteiger partial charge < -0.3 is 9.47 Å². The lowest BCUT2D eigenvalue weighted by atomic mass is 9.44. The summed E-state index contributed by atoms with van der Waals surface area (Å²) < 4.78 is 11.2. The Bertz CT molecular complexity index is 360. The van der Waals surface area contributed by atoms with Gasteiger partial charge in [-0.25, -0.2) is 0 Å². The molecule has 112 valence electrons. The van der Waals surface area contributed by atoms with E-state index in [1.807, 2.05) is 0 Å². The van der Waals surface area contributed by atoms with Gasteiger partial charge in [-0.2, -0.15) is 0 Å². The first-order chi connectivity index (χ1) is 9.68. The summed E-state index contributed by atoms with van der Waals surface area (Å²) >= 11 is 0. The first-order valence-corrected chi connectivity index (χ1v) is 8.17. The van der Waals surface area contributed by atoms with Gasteiger partial charge in [0.2, 0.25) is 0 Å². The Labute approximate surface area is 123 Å². The van der Waals surface area contributed by atoms with Crippen LogP contribution in [-0.2, 0) is 9.47 Å². The summed E-state index contributed by atoms with van der Waals surface area (Å²) in [4.78, 5) is 0. The van der Waals surface area contributed by atoms with Gasteiger partial charge in [-0.05, 0) is 69.1 Å². The van der Waals surface area contributed by atoms with E-state index in [1.54, 1.807) is 12.5 Å². The van der Waals surface area contributed by atoms with Gasteiger partial charge in [-0.1, -0.05) is 13.2 Å². The van der Waals surface area contributed by atoms with Gasteiger partial charge in [-0.15, -0.1) is 0 Å². The minimum Gasteiger partial charge on any atom is -0.502 e. The van der Waals surface area contributed by atoms with Gasteiger partial charge in [0.15, 0.2) is 0 Å². The number of hydrogen-bond donors (Lipinski definition) is 0. The van der Waals surface area contributed by atoms with Crippen LogP contribution in [0.25, 0.3) is 0 Å². The Morgan fingerprint density at radius 3 is 2.45 bits per heavy atom. The normalized spacial score (nSPS) is 43.0. The van der Waals surface area contributed by atoms with Crippen LogP contribution in [0, 0.1) is 29.1 Å². The van der Waals surface area contributed by atoms with E-state index in [-0.39, 0.29) is 0 Å². The maximum Gasteiger partial charge on any atom is 0.101 e. The minimum atomic E-state index is 0.332. The third-order valence-corrected chi connectivity index (χ3v) is 6.37. The van der Waals surface area contributed by atoms with Crippen molar-refractivity contribution in [2.45, 2.75) is 51.6 Å². The highest BCUT2D eigenvalue weighted by Gasteiger charge is 2.57. The average molecular weight is 276 g/mol. The lowest BCUT2D eigenvalue weighted by molar-refractivity contribution is -0.147. The zero-order valence-electron chi connectivity index (χ0n) is 12.7. The smallest absolute Gasteiger partial charge is 0.101 e. The van der Waals surface area contributed by atoms with Crippen molar-refractivity contribution < 1.29 is 9.47 Å². The molecule has 0 aromatic rings. The molecule has 0 heterocycles. The summed E-state index contributed by atoms with van der Waals surface area (Å²) in [6.45, 7) is 10.5. The molecular weight excluding hydrogens is 248 g/mol. The van der Waals surface area contributed by atoms with Gasteiger partial charge in [0, 0.05) is 5.41 Å². The van der Waals surface area contributed by atoms with Crippen molar-refractivity contribution in [1.29, 1.82) is 0 Å². The number of rotatable bonds is 7. The van der Waals surface area contributed by atoms with E-state index >= 15 is 0 Å². The monoisotopic (exact) mass is 276 g/mol. The average Bonchev–Trinajstić information content (AvgIpc) is 2.41. The fourth-order valence-electron chi connectivity index (χ4n) is 5.74. The molecule has 4 bridgehead atoms. The maximum atomic E-state index is 5.79. The Morgan fingerprint density at radius 1 is 1.15 bits per heavy atom.